The molecule has 8 nitrogen and oxygen atoms in total. The number of benzene rings is 1. The maximum atomic E-state index is 12.8. The SMILES string of the molecule is CCCC1(CCC)CC(=O)C(CCCc2cccc(NS(=O)(=O)c3ccc(N)cn3)c2)C(=O)O1. The Hall–Kier alpha value is -2.94. The average molecular weight is 488 g/mol. The quantitative estimate of drug-likeness (QED) is 0.358. The van der Waals surface area contributed by atoms with Crippen LogP contribution in [0.25, 0.3) is 0 Å². The third kappa shape index (κ3) is 6.34. The van der Waals surface area contributed by atoms with Crippen molar-refractivity contribution in [2.24, 2.45) is 5.92 Å². The van der Waals surface area contributed by atoms with Crippen molar-refractivity contribution >= 4 is 33.2 Å². The minimum atomic E-state index is -3.84. The molecule has 9 heteroatoms. The number of rotatable bonds is 11. The molecule has 3 N–H and O–H groups in total. The number of nitrogen functional groups attached to an aromatic ring is 1. The number of hydrogen-bond donors (Lipinski definition) is 2. The molecule has 1 fully saturated rings. The number of carbonyl (C=O) groups is 2. The molecule has 0 bridgehead atoms. The van der Waals surface area contributed by atoms with E-state index in [0.717, 1.165) is 18.4 Å². The van der Waals surface area contributed by atoms with E-state index in [4.69, 9.17) is 10.5 Å². The van der Waals surface area contributed by atoms with E-state index in [1.807, 2.05) is 19.9 Å². The summed E-state index contributed by atoms with van der Waals surface area (Å²) in [5.41, 5.74) is 6.62. The Balaban J connectivity index is 1.59. The van der Waals surface area contributed by atoms with Gasteiger partial charge < -0.3 is 10.5 Å². The molecule has 3 rings (SSSR count). The van der Waals surface area contributed by atoms with Crippen molar-refractivity contribution in [1.29, 1.82) is 0 Å². The molecule has 1 unspecified atom stereocenters. The largest absolute Gasteiger partial charge is 0.458 e. The number of nitrogens with zero attached hydrogens (tertiary/aromatic N) is 1. The number of nitrogens with one attached hydrogen (secondary N) is 1. The Morgan fingerprint density at radius 1 is 1.15 bits per heavy atom. The van der Waals surface area contributed by atoms with E-state index in [1.165, 1.54) is 18.3 Å². The molecule has 1 saturated heterocycles. The number of anilines is 2. The Morgan fingerprint density at radius 3 is 2.50 bits per heavy atom. The van der Waals surface area contributed by atoms with E-state index in [2.05, 4.69) is 9.71 Å². The number of cyclic esters (lactones) is 1. The molecule has 34 heavy (non-hydrogen) atoms. The van der Waals surface area contributed by atoms with Crippen LogP contribution in [0.1, 0.15) is 64.4 Å². The second kappa shape index (κ2) is 11.0. The highest BCUT2D eigenvalue weighted by molar-refractivity contribution is 7.92. The zero-order valence-corrected chi connectivity index (χ0v) is 20.6. The van der Waals surface area contributed by atoms with Gasteiger partial charge in [-0.05, 0) is 61.9 Å². The van der Waals surface area contributed by atoms with E-state index >= 15 is 0 Å². The third-order valence-electron chi connectivity index (χ3n) is 6.07. The fraction of sp³-hybridized carbons (Fsp3) is 0.480. The number of esters is 1. The molecule has 0 radical (unpaired) electrons. The van der Waals surface area contributed by atoms with Gasteiger partial charge in [0, 0.05) is 12.1 Å². The van der Waals surface area contributed by atoms with Crippen LogP contribution in [-0.2, 0) is 30.8 Å². The number of Topliss-reactive ketones (excluding diaryl/α,β-unsaturated/α-hetero) is 1. The van der Waals surface area contributed by atoms with Crippen molar-refractivity contribution < 1.29 is 22.7 Å². The first-order chi connectivity index (χ1) is 16.2. The minimum Gasteiger partial charge on any atom is -0.458 e. The first-order valence-corrected chi connectivity index (χ1v) is 13.3. The van der Waals surface area contributed by atoms with Gasteiger partial charge in [0.2, 0.25) is 0 Å². The van der Waals surface area contributed by atoms with Gasteiger partial charge >= 0.3 is 5.97 Å². The number of ketones is 1. The van der Waals surface area contributed by atoms with Crippen molar-refractivity contribution in [3.05, 3.63) is 48.2 Å². The predicted octanol–water partition coefficient (Wildman–Crippen LogP) is 4.26. The lowest BCUT2D eigenvalue weighted by molar-refractivity contribution is -0.179. The second-order valence-electron chi connectivity index (χ2n) is 8.93. The summed E-state index contributed by atoms with van der Waals surface area (Å²) in [5.74, 6) is -1.16. The van der Waals surface area contributed by atoms with Crippen molar-refractivity contribution in [3.8, 4) is 0 Å². The van der Waals surface area contributed by atoms with Crippen molar-refractivity contribution in [2.45, 2.75) is 75.8 Å². The normalized spacial score (nSPS) is 17.9. The molecule has 1 aromatic heterocycles. The van der Waals surface area contributed by atoms with Crippen LogP contribution in [0.2, 0.25) is 0 Å². The molecule has 0 spiro atoms. The van der Waals surface area contributed by atoms with Gasteiger partial charge in [-0.2, -0.15) is 8.42 Å². The summed E-state index contributed by atoms with van der Waals surface area (Å²) in [6.45, 7) is 4.06. The van der Waals surface area contributed by atoms with Gasteiger partial charge in [0.1, 0.15) is 11.5 Å². The van der Waals surface area contributed by atoms with Crippen molar-refractivity contribution in [1.82, 2.24) is 4.98 Å². The monoisotopic (exact) mass is 487 g/mol. The Morgan fingerprint density at radius 2 is 1.88 bits per heavy atom. The molecule has 0 saturated carbocycles. The van der Waals surface area contributed by atoms with Gasteiger partial charge in [-0.25, -0.2) is 4.98 Å². The first-order valence-electron chi connectivity index (χ1n) is 11.8. The summed E-state index contributed by atoms with van der Waals surface area (Å²) in [4.78, 5) is 29.3. The van der Waals surface area contributed by atoms with Crippen LogP contribution in [0.4, 0.5) is 11.4 Å². The van der Waals surface area contributed by atoms with Crippen LogP contribution < -0.4 is 10.5 Å². The number of hydrogen-bond acceptors (Lipinski definition) is 7. The van der Waals surface area contributed by atoms with E-state index < -0.39 is 27.5 Å². The molecular formula is C25H33N3O5S. The zero-order valence-electron chi connectivity index (χ0n) is 19.7. The van der Waals surface area contributed by atoms with Crippen LogP contribution >= 0.6 is 0 Å². The van der Waals surface area contributed by atoms with Gasteiger partial charge in [0.15, 0.2) is 10.8 Å². The van der Waals surface area contributed by atoms with E-state index in [0.29, 0.717) is 49.9 Å². The van der Waals surface area contributed by atoms with Crippen LogP contribution in [0, 0.1) is 5.92 Å². The molecule has 0 amide bonds. The van der Waals surface area contributed by atoms with E-state index in [9.17, 15) is 18.0 Å². The maximum Gasteiger partial charge on any atom is 0.317 e. The Bertz CT molecular complexity index is 1090. The standard InChI is InChI=1S/C25H33N3O5S/c1-3-13-25(14-4-2)16-22(29)21(24(30)33-25)10-6-8-18-7-5-9-20(15-18)28-34(31,32)23-12-11-19(26)17-27-23/h5,7,9,11-12,15,17,21,28H,3-4,6,8,10,13-14,16,26H2,1-2H3. The maximum absolute atomic E-state index is 12.8. The van der Waals surface area contributed by atoms with Gasteiger partial charge in [-0.15, -0.1) is 0 Å². The molecule has 1 aliphatic heterocycles. The number of aryl methyl sites for hydroxylation is 1. The average Bonchev–Trinajstić information content (AvgIpc) is 2.76. The fourth-order valence-electron chi connectivity index (χ4n) is 4.55. The van der Waals surface area contributed by atoms with Crippen LogP contribution in [-0.4, -0.2) is 30.8 Å². The Labute approximate surface area is 201 Å². The highest BCUT2D eigenvalue weighted by Crippen LogP contribution is 2.36. The predicted molar refractivity (Wildman–Crippen MR) is 131 cm³/mol. The van der Waals surface area contributed by atoms with E-state index in [-0.39, 0.29) is 10.8 Å². The fourth-order valence-corrected chi connectivity index (χ4v) is 5.53. The lowest BCUT2D eigenvalue weighted by Crippen LogP contribution is -2.47. The smallest absolute Gasteiger partial charge is 0.317 e. The number of ether oxygens (including phenoxy) is 1. The topological polar surface area (TPSA) is 128 Å². The zero-order chi connectivity index (χ0) is 24.8. The summed E-state index contributed by atoms with van der Waals surface area (Å²) in [5, 5.41) is -0.122. The molecular weight excluding hydrogens is 454 g/mol. The van der Waals surface area contributed by atoms with Crippen LogP contribution in [0.15, 0.2) is 47.6 Å². The number of aromatic nitrogens is 1. The van der Waals surface area contributed by atoms with Gasteiger partial charge in [0.25, 0.3) is 10.0 Å². The van der Waals surface area contributed by atoms with E-state index in [1.54, 1.807) is 18.2 Å². The summed E-state index contributed by atoms with van der Waals surface area (Å²) in [6.07, 6.45) is 6.34. The van der Waals surface area contributed by atoms with Crippen LogP contribution in [0.3, 0.4) is 0 Å². The molecule has 184 valence electrons. The van der Waals surface area contributed by atoms with Crippen LogP contribution in [0.5, 0.6) is 0 Å². The third-order valence-corrected chi connectivity index (χ3v) is 7.37. The number of pyridine rings is 1. The summed E-state index contributed by atoms with van der Waals surface area (Å²) < 4.78 is 33.5. The highest BCUT2D eigenvalue weighted by Gasteiger charge is 2.45. The van der Waals surface area contributed by atoms with Gasteiger partial charge in [-0.3, -0.25) is 14.3 Å². The summed E-state index contributed by atoms with van der Waals surface area (Å²) in [6, 6.07) is 9.85. The number of carbonyl (C=O) groups excluding carboxylic acids is 2. The van der Waals surface area contributed by atoms with Crippen molar-refractivity contribution in [3.63, 3.8) is 0 Å². The molecule has 0 aliphatic carbocycles. The number of sulfonamides is 1. The lowest BCUT2D eigenvalue weighted by Gasteiger charge is -2.38. The molecule has 1 aliphatic rings. The molecule has 2 heterocycles. The first kappa shape index (κ1) is 25.7. The Kier molecular flexibility index (Phi) is 8.30. The van der Waals surface area contributed by atoms with Crippen molar-refractivity contribution in [2.75, 3.05) is 10.5 Å². The summed E-state index contributed by atoms with van der Waals surface area (Å²) >= 11 is 0. The molecule has 1 aromatic carbocycles. The molecule has 1 atom stereocenters. The lowest BCUT2D eigenvalue weighted by atomic mass is 9.80. The number of nitrogens with two attached hydrogens (primary N) is 1. The highest BCUT2D eigenvalue weighted by atomic mass is 32.2. The minimum absolute atomic E-state index is 0.0318. The van der Waals surface area contributed by atoms with Gasteiger partial charge in [-0.1, -0.05) is 38.8 Å². The molecule has 2 aromatic rings. The summed E-state index contributed by atoms with van der Waals surface area (Å²) in [7, 11) is -3.84. The van der Waals surface area contributed by atoms with Gasteiger partial charge in [0.05, 0.1) is 11.9 Å². The second-order valence-corrected chi connectivity index (χ2v) is 10.6.